The van der Waals surface area contributed by atoms with Crippen molar-refractivity contribution in [3.63, 3.8) is 0 Å². The zero-order chi connectivity index (χ0) is 18.1. The molecule has 128 valence electrons. The molecule has 6 heteroatoms. The molecule has 1 N–H and O–H groups in total. The van der Waals surface area contributed by atoms with E-state index >= 15 is 0 Å². The van der Waals surface area contributed by atoms with Crippen molar-refractivity contribution in [2.24, 2.45) is 0 Å². The summed E-state index contributed by atoms with van der Waals surface area (Å²) in [6.07, 6.45) is -0.209. The Bertz CT molecular complexity index is 973. The van der Waals surface area contributed by atoms with E-state index in [4.69, 9.17) is 4.74 Å². The molecule has 0 atom stereocenters. The first kappa shape index (κ1) is 16.7. The largest absolute Gasteiger partial charge is 0.497 e. The smallest absolute Gasteiger partial charge is 0.307 e. The van der Waals surface area contributed by atoms with Gasteiger partial charge in [-0.05, 0) is 55.0 Å². The summed E-state index contributed by atoms with van der Waals surface area (Å²) in [6, 6.07) is 10.4. The van der Waals surface area contributed by atoms with E-state index in [9.17, 15) is 19.1 Å². The van der Waals surface area contributed by atoms with Gasteiger partial charge in [0.25, 0.3) is 5.91 Å². The molecule has 0 saturated heterocycles. The Morgan fingerprint density at radius 3 is 2.44 bits per heavy atom. The van der Waals surface area contributed by atoms with Gasteiger partial charge in [0.15, 0.2) is 0 Å². The Kier molecular flexibility index (Phi) is 4.27. The SMILES string of the molecule is COc1ccc2c(c1)c(CC(=O)O)c(C)n2C(=O)c1ccc(F)cc1. The lowest BCUT2D eigenvalue weighted by Crippen LogP contribution is -2.14. The van der Waals surface area contributed by atoms with Crippen LogP contribution in [0.2, 0.25) is 0 Å². The maximum Gasteiger partial charge on any atom is 0.307 e. The van der Waals surface area contributed by atoms with Crippen LogP contribution in [0.1, 0.15) is 21.6 Å². The first-order chi connectivity index (χ1) is 11.9. The topological polar surface area (TPSA) is 68.5 Å². The lowest BCUT2D eigenvalue weighted by Gasteiger charge is -2.08. The van der Waals surface area contributed by atoms with Crippen LogP contribution in [-0.2, 0) is 11.2 Å². The monoisotopic (exact) mass is 341 g/mol. The molecule has 0 radical (unpaired) electrons. The van der Waals surface area contributed by atoms with Crippen LogP contribution < -0.4 is 4.74 Å². The third-order valence-corrected chi connectivity index (χ3v) is 4.16. The van der Waals surface area contributed by atoms with Gasteiger partial charge in [-0.15, -0.1) is 0 Å². The van der Waals surface area contributed by atoms with Gasteiger partial charge in [-0.2, -0.15) is 0 Å². The highest BCUT2D eigenvalue weighted by molar-refractivity contribution is 6.04. The second-order valence-electron chi connectivity index (χ2n) is 5.67. The van der Waals surface area contributed by atoms with Crippen molar-refractivity contribution in [3.8, 4) is 5.75 Å². The van der Waals surface area contributed by atoms with Crippen LogP contribution in [0.25, 0.3) is 10.9 Å². The molecular weight excluding hydrogens is 325 g/mol. The van der Waals surface area contributed by atoms with E-state index in [2.05, 4.69) is 0 Å². The number of carbonyl (C=O) groups is 2. The van der Waals surface area contributed by atoms with Crippen molar-refractivity contribution in [1.82, 2.24) is 4.57 Å². The third kappa shape index (κ3) is 2.98. The summed E-state index contributed by atoms with van der Waals surface area (Å²) < 4.78 is 19.8. The summed E-state index contributed by atoms with van der Waals surface area (Å²) in [5.41, 5.74) is 2.00. The number of ether oxygens (including phenoxy) is 1. The molecule has 0 fully saturated rings. The molecule has 0 aliphatic heterocycles. The van der Waals surface area contributed by atoms with Crippen LogP contribution in [0.5, 0.6) is 5.75 Å². The number of halogens is 1. The predicted molar refractivity (Wildman–Crippen MR) is 90.7 cm³/mol. The van der Waals surface area contributed by atoms with Crippen molar-refractivity contribution >= 4 is 22.8 Å². The fourth-order valence-electron chi connectivity index (χ4n) is 2.95. The van der Waals surface area contributed by atoms with Gasteiger partial charge < -0.3 is 9.84 Å². The van der Waals surface area contributed by atoms with Gasteiger partial charge in [0.1, 0.15) is 11.6 Å². The number of benzene rings is 2. The maximum absolute atomic E-state index is 13.1. The van der Waals surface area contributed by atoms with Crippen LogP contribution >= 0.6 is 0 Å². The lowest BCUT2D eigenvalue weighted by molar-refractivity contribution is -0.136. The van der Waals surface area contributed by atoms with E-state index in [0.717, 1.165) is 0 Å². The van der Waals surface area contributed by atoms with Crippen molar-refractivity contribution in [2.45, 2.75) is 13.3 Å². The maximum atomic E-state index is 13.1. The number of nitrogens with zero attached hydrogens (tertiary/aromatic N) is 1. The minimum atomic E-state index is -0.987. The number of aromatic nitrogens is 1. The molecule has 1 heterocycles. The average Bonchev–Trinajstić information content (AvgIpc) is 2.86. The minimum absolute atomic E-state index is 0.209. The molecule has 1 aromatic heterocycles. The van der Waals surface area contributed by atoms with E-state index in [-0.39, 0.29) is 12.3 Å². The normalized spacial score (nSPS) is 10.8. The molecule has 3 aromatic rings. The van der Waals surface area contributed by atoms with Gasteiger partial charge in [0.05, 0.1) is 19.0 Å². The van der Waals surface area contributed by atoms with Crippen LogP contribution in [-0.4, -0.2) is 28.7 Å². The zero-order valence-electron chi connectivity index (χ0n) is 13.7. The number of carboxylic acids is 1. The first-order valence-electron chi connectivity index (χ1n) is 7.62. The highest BCUT2D eigenvalue weighted by atomic mass is 19.1. The van der Waals surface area contributed by atoms with Crippen LogP contribution in [0.15, 0.2) is 42.5 Å². The number of hydrogen-bond donors (Lipinski definition) is 1. The fourth-order valence-corrected chi connectivity index (χ4v) is 2.95. The van der Waals surface area contributed by atoms with Gasteiger partial charge in [-0.3, -0.25) is 14.2 Å². The molecule has 25 heavy (non-hydrogen) atoms. The highest BCUT2D eigenvalue weighted by Gasteiger charge is 2.21. The summed E-state index contributed by atoms with van der Waals surface area (Å²) in [6.45, 7) is 1.70. The quantitative estimate of drug-likeness (QED) is 0.789. The molecule has 0 spiro atoms. The van der Waals surface area contributed by atoms with Crippen LogP contribution in [0.4, 0.5) is 4.39 Å². The summed E-state index contributed by atoms with van der Waals surface area (Å²) in [5, 5.41) is 9.85. The number of methoxy groups -OCH3 is 1. The number of carbonyl (C=O) groups excluding carboxylic acids is 1. The van der Waals surface area contributed by atoms with Crippen LogP contribution in [0, 0.1) is 12.7 Å². The zero-order valence-corrected chi connectivity index (χ0v) is 13.7. The molecule has 0 unspecified atom stereocenters. The highest BCUT2D eigenvalue weighted by Crippen LogP contribution is 2.30. The van der Waals surface area contributed by atoms with E-state index in [1.54, 1.807) is 25.1 Å². The van der Waals surface area contributed by atoms with Crippen molar-refractivity contribution < 1.29 is 23.8 Å². The molecule has 5 nitrogen and oxygen atoms in total. The summed E-state index contributed by atoms with van der Waals surface area (Å²) in [5.74, 6) is -1.18. The van der Waals surface area contributed by atoms with Crippen molar-refractivity contribution in [1.29, 1.82) is 0 Å². The molecule has 0 aliphatic rings. The molecule has 2 aromatic carbocycles. The van der Waals surface area contributed by atoms with Crippen LogP contribution in [0.3, 0.4) is 0 Å². The number of fused-ring (bicyclic) bond motifs is 1. The Labute approximate surface area is 143 Å². The number of aliphatic carboxylic acids is 1. The average molecular weight is 341 g/mol. The molecule has 0 bridgehead atoms. The molecule has 0 saturated carbocycles. The Balaban J connectivity index is 2.23. The van der Waals surface area contributed by atoms with E-state index in [0.29, 0.717) is 33.5 Å². The van der Waals surface area contributed by atoms with Gasteiger partial charge in [-0.1, -0.05) is 0 Å². The van der Waals surface area contributed by atoms with Crippen molar-refractivity contribution in [2.75, 3.05) is 7.11 Å². The third-order valence-electron chi connectivity index (χ3n) is 4.16. The fraction of sp³-hybridized carbons (Fsp3) is 0.158. The Hall–Kier alpha value is -3.15. The molecule has 0 aliphatic carbocycles. The van der Waals surface area contributed by atoms with Gasteiger partial charge in [-0.25, -0.2) is 4.39 Å². The number of rotatable bonds is 4. The van der Waals surface area contributed by atoms with E-state index in [1.165, 1.54) is 35.9 Å². The second-order valence-corrected chi connectivity index (χ2v) is 5.67. The van der Waals surface area contributed by atoms with Gasteiger partial charge >= 0.3 is 5.97 Å². The van der Waals surface area contributed by atoms with Crippen molar-refractivity contribution in [3.05, 3.63) is 65.1 Å². The molecular formula is C19H16FNO4. The summed E-state index contributed by atoms with van der Waals surface area (Å²) in [4.78, 5) is 24.1. The van der Waals surface area contributed by atoms with Gasteiger partial charge in [0, 0.05) is 16.6 Å². The first-order valence-corrected chi connectivity index (χ1v) is 7.62. The standard InChI is InChI=1S/C19H16FNO4/c1-11-15(10-18(22)23)16-9-14(25-2)7-8-17(16)21(11)19(24)12-3-5-13(20)6-4-12/h3-9H,10H2,1-2H3,(H,22,23). The van der Waals surface area contributed by atoms with Gasteiger partial charge in [0.2, 0.25) is 0 Å². The second kappa shape index (κ2) is 6.39. The lowest BCUT2D eigenvalue weighted by atomic mass is 10.1. The Morgan fingerprint density at radius 2 is 1.84 bits per heavy atom. The Morgan fingerprint density at radius 1 is 1.16 bits per heavy atom. The van der Waals surface area contributed by atoms with E-state index < -0.39 is 11.8 Å². The summed E-state index contributed by atoms with van der Waals surface area (Å²) in [7, 11) is 1.52. The van der Waals surface area contributed by atoms with E-state index in [1.807, 2.05) is 0 Å². The number of hydrogen-bond acceptors (Lipinski definition) is 3. The predicted octanol–water partition coefficient (Wildman–Crippen LogP) is 3.41. The molecule has 0 amide bonds. The minimum Gasteiger partial charge on any atom is -0.497 e. The molecule has 3 rings (SSSR count). The summed E-state index contributed by atoms with van der Waals surface area (Å²) >= 11 is 0. The number of carboxylic acid groups (broad SMARTS) is 1.